The zero-order chi connectivity index (χ0) is 17.2. The van der Waals surface area contributed by atoms with E-state index in [2.05, 4.69) is 10.6 Å². The first-order chi connectivity index (χ1) is 12.2. The van der Waals surface area contributed by atoms with Crippen LogP contribution in [0.3, 0.4) is 0 Å². The Morgan fingerprint density at radius 2 is 1.88 bits per heavy atom. The number of benzene rings is 2. The van der Waals surface area contributed by atoms with Gasteiger partial charge in [-0.1, -0.05) is 37.5 Å². The highest BCUT2D eigenvalue weighted by atomic mass is 16.5. The lowest BCUT2D eigenvalue weighted by molar-refractivity contribution is 0.244. The fraction of sp³-hybridized carbons (Fsp3) is 0.350. The lowest BCUT2D eigenvalue weighted by atomic mass is 9.96. The van der Waals surface area contributed by atoms with Crippen LogP contribution in [0.1, 0.15) is 32.1 Å². The summed E-state index contributed by atoms with van der Waals surface area (Å²) in [6.45, 7) is 0. The predicted octanol–water partition coefficient (Wildman–Crippen LogP) is 5.05. The smallest absolute Gasteiger partial charge is 0.319 e. The van der Waals surface area contributed by atoms with Crippen molar-refractivity contribution in [3.8, 4) is 5.75 Å². The fourth-order valence-electron chi connectivity index (χ4n) is 3.61. The van der Waals surface area contributed by atoms with Crippen LogP contribution in [0, 0.1) is 0 Å². The van der Waals surface area contributed by atoms with Crippen molar-refractivity contribution in [3.05, 3.63) is 36.4 Å². The van der Waals surface area contributed by atoms with Gasteiger partial charge in [0.15, 0.2) is 0 Å². The third-order valence-corrected chi connectivity index (χ3v) is 4.89. The number of methoxy groups -OCH3 is 1. The molecule has 0 radical (unpaired) electrons. The van der Waals surface area contributed by atoms with Gasteiger partial charge in [-0.05, 0) is 25.0 Å². The molecule has 5 nitrogen and oxygen atoms in total. The number of carbonyl (C=O) groups is 1. The molecule has 0 spiro atoms. The largest absolute Gasteiger partial charge is 0.495 e. The maximum Gasteiger partial charge on any atom is 0.319 e. The molecule has 2 N–H and O–H groups in total. The van der Waals surface area contributed by atoms with Gasteiger partial charge in [0.05, 0.1) is 12.8 Å². The summed E-state index contributed by atoms with van der Waals surface area (Å²) in [7, 11) is 1.60. The van der Waals surface area contributed by atoms with Gasteiger partial charge >= 0.3 is 6.03 Å². The highest BCUT2D eigenvalue weighted by Gasteiger charge is 2.18. The molecule has 4 rings (SSSR count). The monoisotopic (exact) mass is 338 g/mol. The highest BCUT2D eigenvalue weighted by molar-refractivity contribution is 6.07. The number of rotatable bonds is 3. The number of furan rings is 1. The normalized spacial score (nSPS) is 15.4. The highest BCUT2D eigenvalue weighted by Crippen LogP contribution is 2.36. The molecule has 0 unspecified atom stereocenters. The predicted molar refractivity (Wildman–Crippen MR) is 99.3 cm³/mol. The average molecular weight is 338 g/mol. The molecule has 1 aliphatic carbocycles. The summed E-state index contributed by atoms with van der Waals surface area (Å²) in [4.78, 5) is 12.3. The van der Waals surface area contributed by atoms with Crippen LogP contribution in [0.2, 0.25) is 0 Å². The van der Waals surface area contributed by atoms with Gasteiger partial charge < -0.3 is 19.8 Å². The van der Waals surface area contributed by atoms with Crippen LogP contribution >= 0.6 is 0 Å². The van der Waals surface area contributed by atoms with E-state index in [1.54, 1.807) is 7.11 Å². The second kappa shape index (κ2) is 6.67. The number of urea groups is 1. The summed E-state index contributed by atoms with van der Waals surface area (Å²) in [5, 5.41) is 7.98. The van der Waals surface area contributed by atoms with Crippen LogP contribution in [0.15, 0.2) is 40.8 Å². The fourth-order valence-corrected chi connectivity index (χ4v) is 3.61. The third-order valence-electron chi connectivity index (χ3n) is 4.89. The van der Waals surface area contributed by atoms with Gasteiger partial charge in [-0.2, -0.15) is 0 Å². The number of hydrogen-bond acceptors (Lipinski definition) is 3. The Balaban J connectivity index is 1.61. The summed E-state index contributed by atoms with van der Waals surface area (Å²) in [6.07, 6.45) is 5.72. The van der Waals surface area contributed by atoms with Crippen LogP contribution in [0.5, 0.6) is 5.75 Å². The van der Waals surface area contributed by atoms with Crippen molar-refractivity contribution in [2.45, 2.75) is 38.1 Å². The Labute approximate surface area is 146 Å². The van der Waals surface area contributed by atoms with Crippen molar-refractivity contribution >= 4 is 33.7 Å². The van der Waals surface area contributed by atoms with Gasteiger partial charge in [0, 0.05) is 22.9 Å². The molecule has 0 atom stereocenters. The quantitative estimate of drug-likeness (QED) is 0.702. The number of hydrogen-bond donors (Lipinski definition) is 2. The van der Waals surface area contributed by atoms with Crippen molar-refractivity contribution in [2.75, 3.05) is 12.4 Å². The van der Waals surface area contributed by atoms with Gasteiger partial charge in [-0.15, -0.1) is 0 Å². The number of carbonyl (C=O) groups excluding carboxylic acids is 1. The standard InChI is InChI=1S/C20H22N2O3/c1-24-19-11-15-14-9-5-6-10-17(14)25-18(15)12-16(19)22-20(23)21-13-7-3-2-4-8-13/h5-6,9-13H,2-4,7-8H2,1H3,(H2,21,22,23). The molecule has 1 fully saturated rings. The molecule has 2 aromatic carbocycles. The molecule has 1 saturated carbocycles. The number of anilines is 1. The second-order valence-electron chi connectivity index (χ2n) is 6.58. The number of fused-ring (bicyclic) bond motifs is 3. The minimum Gasteiger partial charge on any atom is -0.495 e. The summed E-state index contributed by atoms with van der Waals surface area (Å²) >= 11 is 0. The number of para-hydroxylation sites is 1. The molecule has 2 amide bonds. The molecule has 0 saturated heterocycles. The lowest BCUT2D eigenvalue weighted by Gasteiger charge is -2.23. The number of amides is 2. The van der Waals surface area contributed by atoms with Crippen molar-refractivity contribution in [2.24, 2.45) is 0 Å². The maximum absolute atomic E-state index is 12.3. The van der Waals surface area contributed by atoms with Gasteiger partial charge in [0.1, 0.15) is 16.9 Å². The maximum atomic E-state index is 12.3. The molecule has 25 heavy (non-hydrogen) atoms. The molecule has 1 aromatic heterocycles. The topological polar surface area (TPSA) is 63.5 Å². The van der Waals surface area contributed by atoms with Crippen LogP contribution in [0.25, 0.3) is 21.9 Å². The summed E-state index contributed by atoms with van der Waals surface area (Å²) in [5.74, 6) is 0.623. The summed E-state index contributed by atoms with van der Waals surface area (Å²) in [5.41, 5.74) is 2.17. The van der Waals surface area contributed by atoms with Gasteiger partial charge in [-0.25, -0.2) is 4.79 Å². The minimum atomic E-state index is -0.194. The van der Waals surface area contributed by atoms with E-state index in [0.29, 0.717) is 11.4 Å². The molecule has 130 valence electrons. The van der Waals surface area contributed by atoms with Crippen molar-refractivity contribution < 1.29 is 13.9 Å². The van der Waals surface area contributed by atoms with Crippen molar-refractivity contribution in [3.63, 3.8) is 0 Å². The SMILES string of the molecule is COc1cc2c(cc1NC(=O)NC1CCCCC1)oc1ccccc12. The molecular weight excluding hydrogens is 316 g/mol. The number of ether oxygens (including phenoxy) is 1. The van der Waals surface area contributed by atoms with Crippen LogP contribution < -0.4 is 15.4 Å². The Kier molecular flexibility index (Phi) is 4.22. The molecule has 1 aliphatic rings. The van der Waals surface area contributed by atoms with E-state index in [1.165, 1.54) is 19.3 Å². The van der Waals surface area contributed by atoms with Gasteiger partial charge in [0.2, 0.25) is 0 Å². The van der Waals surface area contributed by atoms with Gasteiger partial charge in [0.25, 0.3) is 0 Å². The van der Waals surface area contributed by atoms with E-state index in [0.717, 1.165) is 34.8 Å². The zero-order valence-electron chi connectivity index (χ0n) is 14.3. The number of nitrogens with one attached hydrogen (secondary N) is 2. The van der Waals surface area contributed by atoms with E-state index in [-0.39, 0.29) is 12.1 Å². The summed E-state index contributed by atoms with van der Waals surface area (Å²) in [6, 6.07) is 11.7. The van der Waals surface area contributed by atoms with Crippen LogP contribution in [-0.2, 0) is 0 Å². The van der Waals surface area contributed by atoms with E-state index in [1.807, 2.05) is 36.4 Å². The summed E-state index contributed by atoms with van der Waals surface area (Å²) < 4.78 is 11.4. The Morgan fingerprint density at radius 1 is 1.08 bits per heavy atom. The molecule has 0 bridgehead atoms. The zero-order valence-corrected chi connectivity index (χ0v) is 14.3. The van der Waals surface area contributed by atoms with Crippen LogP contribution in [-0.4, -0.2) is 19.2 Å². The lowest BCUT2D eigenvalue weighted by Crippen LogP contribution is -2.39. The molecule has 0 aliphatic heterocycles. The van der Waals surface area contributed by atoms with Crippen molar-refractivity contribution in [1.29, 1.82) is 0 Å². The van der Waals surface area contributed by atoms with E-state index in [4.69, 9.17) is 9.15 Å². The average Bonchev–Trinajstić information content (AvgIpc) is 2.99. The molecule has 5 heteroatoms. The molecule has 3 aromatic rings. The van der Waals surface area contributed by atoms with E-state index >= 15 is 0 Å². The van der Waals surface area contributed by atoms with Crippen molar-refractivity contribution in [1.82, 2.24) is 5.32 Å². The van der Waals surface area contributed by atoms with E-state index < -0.39 is 0 Å². The second-order valence-corrected chi connectivity index (χ2v) is 6.58. The molecule has 1 heterocycles. The Morgan fingerprint density at radius 3 is 2.68 bits per heavy atom. The third kappa shape index (κ3) is 3.14. The minimum absolute atomic E-state index is 0.194. The first-order valence-electron chi connectivity index (χ1n) is 8.81. The first kappa shape index (κ1) is 15.8. The Hall–Kier alpha value is -2.69. The first-order valence-corrected chi connectivity index (χ1v) is 8.81. The van der Waals surface area contributed by atoms with Gasteiger partial charge in [-0.3, -0.25) is 0 Å². The molecular formula is C20H22N2O3. The Bertz CT molecular complexity index is 910. The van der Waals surface area contributed by atoms with E-state index in [9.17, 15) is 4.79 Å². The van der Waals surface area contributed by atoms with Crippen LogP contribution in [0.4, 0.5) is 10.5 Å².